The van der Waals surface area contributed by atoms with E-state index in [2.05, 4.69) is 37.3 Å². The molecule has 13 heteroatoms. The largest absolute Gasteiger partial charge is 0.458 e. The molecule has 2 heterocycles. The molecule has 2 aromatic heterocycles. The van der Waals surface area contributed by atoms with Crippen LogP contribution in [0.2, 0.25) is 0 Å². The van der Waals surface area contributed by atoms with Crippen molar-refractivity contribution in [1.82, 2.24) is 30.2 Å². The Bertz CT molecular complexity index is 1850. The lowest BCUT2D eigenvalue weighted by atomic mass is 9.98. The van der Waals surface area contributed by atoms with Gasteiger partial charge in [0.15, 0.2) is 0 Å². The maximum atomic E-state index is 13.5. The molecule has 4 N–H and O–H groups in total. The third-order valence-corrected chi connectivity index (χ3v) is 7.29. The zero-order valence-electron chi connectivity index (χ0n) is 23.9. The summed E-state index contributed by atoms with van der Waals surface area (Å²) in [5.74, 6) is -1.08. The molecule has 1 aliphatic carbocycles. The average Bonchev–Trinajstić information content (AvgIpc) is 3.66. The number of aromatic nitrogens is 4. The van der Waals surface area contributed by atoms with Crippen molar-refractivity contribution < 1.29 is 19.1 Å². The van der Waals surface area contributed by atoms with Crippen LogP contribution in [0.3, 0.4) is 0 Å². The Morgan fingerprint density at radius 3 is 2.84 bits per heavy atom. The van der Waals surface area contributed by atoms with Gasteiger partial charge in [-0.1, -0.05) is 43.0 Å². The smallest absolute Gasteiger partial charge is 0.338 e. The van der Waals surface area contributed by atoms with Crippen LogP contribution in [0.4, 0.5) is 0 Å². The Morgan fingerprint density at radius 2 is 2.05 bits per heavy atom. The number of hydrogen-bond acceptors (Lipinski definition) is 9. The number of esters is 1. The molecule has 1 aliphatic rings. The van der Waals surface area contributed by atoms with Crippen LogP contribution in [0.5, 0.6) is 0 Å². The fourth-order valence-electron chi connectivity index (χ4n) is 5.22. The second-order valence-corrected chi connectivity index (χ2v) is 10.1. The summed E-state index contributed by atoms with van der Waals surface area (Å²) in [6, 6.07) is 12.0. The van der Waals surface area contributed by atoms with Crippen LogP contribution in [0.15, 0.2) is 66.4 Å². The quantitative estimate of drug-likeness (QED) is 0.0818. The van der Waals surface area contributed by atoms with E-state index >= 15 is 0 Å². The van der Waals surface area contributed by atoms with Crippen LogP contribution in [0.25, 0.3) is 5.78 Å². The summed E-state index contributed by atoms with van der Waals surface area (Å²) in [5.41, 5.74) is 10.7. The van der Waals surface area contributed by atoms with Gasteiger partial charge in [0, 0.05) is 19.0 Å². The molecular weight excluding hydrogens is 562 g/mol. The van der Waals surface area contributed by atoms with Gasteiger partial charge in [0.1, 0.15) is 30.2 Å². The van der Waals surface area contributed by atoms with E-state index in [1.165, 1.54) is 23.0 Å². The van der Waals surface area contributed by atoms with E-state index in [9.17, 15) is 14.4 Å². The first-order valence-electron chi connectivity index (χ1n) is 13.8. The molecule has 0 bridgehead atoms. The second kappa shape index (κ2) is 13.0. The first-order valence-corrected chi connectivity index (χ1v) is 13.8. The van der Waals surface area contributed by atoms with Gasteiger partial charge in [-0.25, -0.2) is 9.78 Å². The van der Waals surface area contributed by atoms with Gasteiger partial charge in [-0.05, 0) is 53.6 Å². The molecule has 0 unspecified atom stereocenters. The van der Waals surface area contributed by atoms with Gasteiger partial charge < -0.3 is 21.1 Å². The maximum absolute atomic E-state index is 13.5. The fraction of sp³-hybridized carbons (Fsp3) is 0.226. The predicted molar refractivity (Wildman–Crippen MR) is 160 cm³/mol. The van der Waals surface area contributed by atoms with Crippen molar-refractivity contribution in [2.24, 2.45) is 10.7 Å². The highest BCUT2D eigenvalue weighted by Gasteiger charge is 2.29. The zero-order valence-corrected chi connectivity index (χ0v) is 23.9. The molecular formula is C31H29N9O4. The number of hydrogen-bond donors (Lipinski definition) is 3. The van der Waals surface area contributed by atoms with Crippen LogP contribution in [0.1, 0.15) is 71.6 Å². The topological polar surface area (TPSA) is 190 Å². The number of ether oxygens (including phenoxy) is 1. The second-order valence-electron chi connectivity index (χ2n) is 10.1. The number of fused-ring (bicyclic) bond motifs is 2. The van der Waals surface area contributed by atoms with Gasteiger partial charge in [-0.3, -0.25) is 9.59 Å². The van der Waals surface area contributed by atoms with E-state index in [0.717, 1.165) is 27.8 Å². The SMILES string of the molecule is C=CCOC(=O)c1ccc2c(c1C)CC[C@@H]2NC(=O)c1cc(C(=O)NCc2cccc(CC(N)=NC#N)c2)nc2ncnn12. The van der Waals surface area contributed by atoms with Crippen LogP contribution in [-0.4, -0.2) is 49.8 Å². The Kier molecular flexibility index (Phi) is 8.71. The number of nitrogens with zero attached hydrogens (tertiary/aromatic N) is 6. The molecule has 222 valence electrons. The summed E-state index contributed by atoms with van der Waals surface area (Å²) in [7, 11) is 0. The summed E-state index contributed by atoms with van der Waals surface area (Å²) in [6.07, 6.45) is 6.05. The average molecular weight is 592 g/mol. The lowest BCUT2D eigenvalue weighted by Crippen LogP contribution is -2.30. The van der Waals surface area contributed by atoms with E-state index in [1.54, 1.807) is 12.3 Å². The molecule has 13 nitrogen and oxygen atoms in total. The monoisotopic (exact) mass is 591 g/mol. The lowest BCUT2D eigenvalue weighted by Gasteiger charge is -2.16. The molecule has 0 spiro atoms. The summed E-state index contributed by atoms with van der Waals surface area (Å²) < 4.78 is 6.48. The van der Waals surface area contributed by atoms with Crippen LogP contribution in [-0.2, 0) is 24.1 Å². The molecule has 2 aromatic carbocycles. The van der Waals surface area contributed by atoms with Gasteiger partial charge in [0.25, 0.3) is 17.6 Å². The minimum absolute atomic E-state index is 0.00236. The molecule has 0 fully saturated rings. The third kappa shape index (κ3) is 6.29. The molecule has 0 saturated heterocycles. The highest BCUT2D eigenvalue weighted by molar-refractivity contribution is 5.98. The maximum Gasteiger partial charge on any atom is 0.338 e. The van der Waals surface area contributed by atoms with Crippen molar-refractivity contribution in [3.05, 3.63) is 106 Å². The van der Waals surface area contributed by atoms with Crippen molar-refractivity contribution in [3.8, 4) is 6.19 Å². The standard InChI is InChI=1S/C31H29N9O4/c1-3-11-44-30(43)22-7-8-23-21(18(22)2)9-10-24(23)38-29(42)26-14-25(39-31-36-17-37-40(26)31)28(41)34-15-20-6-4-5-19(12-20)13-27(33)35-16-32/h3-8,12,14,17,24H,1,9-11,13,15H2,2H3,(H2,33,35)(H,34,41)(H,38,42)/t24-/m0/s1. The predicted octanol–water partition coefficient (Wildman–Crippen LogP) is 2.50. The molecule has 0 radical (unpaired) electrons. The normalized spacial score (nSPS) is 14.0. The number of nitriles is 1. The molecule has 5 rings (SSSR count). The summed E-state index contributed by atoms with van der Waals surface area (Å²) in [6.45, 7) is 5.75. The minimum atomic E-state index is -0.502. The van der Waals surface area contributed by atoms with Crippen LogP contribution >= 0.6 is 0 Å². The summed E-state index contributed by atoms with van der Waals surface area (Å²) in [4.78, 5) is 51.0. The van der Waals surface area contributed by atoms with Gasteiger partial charge in [-0.15, -0.1) is 0 Å². The molecule has 0 aliphatic heterocycles. The summed E-state index contributed by atoms with van der Waals surface area (Å²) in [5, 5.41) is 18.7. The van der Waals surface area contributed by atoms with Crippen molar-refractivity contribution in [2.75, 3.05) is 6.61 Å². The number of amides is 2. The number of carbonyl (C=O) groups excluding carboxylic acids is 3. The highest BCUT2D eigenvalue weighted by Crippen LogP contribution is 2.35. The third-order valence-electron chi connectivity index (χ3n) is 7.29. The first kappa shape index (κ1) is 29.6. The Hall–Kier alpha value is -5.90. The number of carbonyl (C=O) groups is 3. The van der Waals surface area contributed by atoms with Gasteiger partial charge in [-0.2, -0.15) is 24.9 Å². The van der Waals surface area contributed by atoms with E-state index < -0.39 is 17.8 Å². The molecule has 44 heavy (non-hydrogen) atoms. The van der Waals surface area contributed by atoms with E-state index in [1.807, 2.05) is 37.3 Å². The van der Waals surface area contributed by atoms with Crippen molar-refractivity contribution >= 4 is 29.4 Å². The zero-order chi connectivity index (χ0) is 31.2. The van der Waals surface area contributed by atoms with Crippen molar-refractivity contribution in [1.29, 1.82) is 5.26 Å². The van der Waals surface area contributed by atoms with Gasteiger partial charge in [0.2, 0.25) is 6.19 Å². The van der Waals surface area contributed by atoms with Crippen LogP contribution in [0, 0.1) is 18.4 Å². The molecule has 4 aromatic rings. The Morgan fingerprint density at radius 1 is 1.23 bits per heavy atom. The van der Waals surface area contributed by atoms with Gasteiger partial charge >= 0.3 is 5.97 Å². The lowest BCUT2D eigenvalue weighted by molar-refractivity contribution is 0.0548. The number of aliphatic imine (C=N–C) groups is 1. The molecule has 0 saturated carbocycles. The van der Waals surface area contributed by atoms with E-state index in [0.29, 0.717) is 24.8 Å². The van der Waals surface area contributed by atoms with Crippen molar-refractivity contribution in [3.63, 3.8) is 0 Å². The number of benzene rings is 2. The first-order chi connectivity index (χ1) is 21.3. The minimum Gasteiger partial charge on any atom is -0.458 e. The number of rotatable bonds is 10. The Labute approximate surface area is 252 Å². The number of nitrogens with one attached hydrogen (secondary N) is 2. The van der Waals surface area contributed by atoms with E-state index in [-0.39, 0.29) is 42.2 Å². The Balaban J connectivity index is 1.31. The van der Waals surface area contributed by atoms with Gasteiger partial charge in [0.05, 0.1) is 11.6 Å². The molecule has 2 amide bonds. The fourth-order valence-corrected chi connectivity index (χ4v) is 5.22. The number of nitrogens with two attached hydrogens (primary N) is 1. The van der Waals surface area contributed by atoms with Crippen molar-refractivity contribution in [2.45, 2.75) is 38.8 Å². The summed E-state index contributed by atoms with van der Waals surface area (Å²) >= 11 is 0. The molecule has 1 atom stereocenters. The van der Waals surface area contributed by atoms with E-state index in [4.69, 9.17) is 15.7 Å². The van der Waals surface area contributed by atoms with Crippen LogP contribution < -0.4 is 16.4 Å². The number of amidine groups is 1. The highest BCUT2D eigenvalue weighted by atomic mass is 16.5.